The van der Waals surface area contributed by atoms with Crippen molar-refractivity contribution in [1.82, 2.24) is 10.2 Å². The summed E-state index contributed by atoms with van der Waals surface area (Å²) in [7, 11) is 0. The van der Waals surface area contributed by atoms with Gasteiger partial charge < -0.3 is 10.5 Å². The van der Waals surface area contributed by atoms with Gasteiger partial charge in [-0.1, -0.05) is 12.1 Å². The molecule has 4 nitrogen and oxygen atoms in total. The van der Waals surface area contributed by atoms with E-state index in [0.29, 0.717) is 11.3 Å². The summed E-state index contributed by atoms with van der Waals surface area (Å²) >= 11 is 0. The smallest absolute Gasteiger partial charge is 0.419 e. The van der Waals surface area contributed by atoms with Gasteiger partial charge >= 0.3 is 6.18 Å². The molecule has 0 radical (unpaired) electrons. The fourth-order valence-electron chi connectivity index (χ4n) is 1.85. The van der Waals surface area contributed by atoms with Gasteiger partial charge in [-0.15, -0.1) is 5.10 Å². The van der Waals surface area contributed by atoms with E-state index in [1.54, 1.807) is 13.8 Å². The summed E-state index contributed by atoms with van der Waals surface area (Å²) in [4.78, 5) is 0. The predicted octanol–water partition coefficient (Wildman–Crippen LogP) is 3.36. The number of hydrogen-bond donors (Lipinski definition) is 1. The third-order valence-corrected chi connectivity index (χ3v) is 3.15. The molecule has 1 aromatic heterocycles. The first kappa shape index (κ1) is 15.2. The number of alkyl halides is 3. The molecule has 2 aromatic rings. The molecule has 21 heavy (non-hydrogen) atoms. The van der Waals surface area contributed by atoms with E-state index in [1.807, 2.05) is 0 Å². The average molecular weight is 297 g/mol. The first-order valence-corrected chi connectivity index (χ1v) is 6.21. The Kier molecular flexibility index (Phi) is 4.13. The van der Waals surface area contributed by atoms with E-state index in [4.69, 9.17) is 10.5 Å². The van der Waals surface area contributed by atoms with Crippen LogP contribution in [-0.2, 0) is 12.7 Å². The van der Waals surface area contributed by atoms with Crippen LogP contribution in [0.5, 0.6) is 11.6 Å². The summed E-state index contributed by atoms with van der Waals surface area (Å²) in [5, 5.41) is 7.67. The molecule has 2 rings (SSSR count). The molecular formula is C14H14F3N3O. The molecular weight excluding hydrogens is 283 g/mol. The molecule has 0 fully saturated rings. The Morgan fingerprint density at radius 3 is 2.43 bits per heavy atom. The van der Waals surface area contributed by atoms with E-state index in [-0.39, 0.29) is 18.2 Å². The third-order valence-electron chi connectivity index (χ3n) is 3.15. The van der Waals surface area contributed by atoms with Gasteiger partial charge in [-0.3, -0.25) is 0 Å². The molecule has 0 amide bonds. The highest BCUT2D eigenvalue weighted by Gasteiger charge is 2.34. The average Bonchev–Trinajstić information content (AvgIpc) is 2.43. The van der Waals surface area contributed by atoms with Crippen molar-refractivity contribution < 1.29 is 17.9 Å². The fourth-order valence-corrected chi connectivity index (χ4v) is 1.85. The molecule has 1 heterocycles. The maximum Gasteiger partial charge on any atom is 0.419 e. The summed E-state index contributed by atoms with van der Waals surface area (Å²) in [6, 6.07) is 4.94. The Hall–Kier alpha value is -2.15. The monoisotopic (exact) mass is 297 g/mol. The van der Waals surface area contributed by atoms with Gasteiger partial charge in [0.25, 0.3) is 0 Å². The van der Waals surface area contributed by atoms with E-state index in [1.165, 1.54) is 18.2 Å². The van der Waals surface area contributed by atoms with Gasteiger partial charge in [-0.25, -0.2) is 0 Å². The van der Waals surface area contributed by atoms with E-state index < -0.39 is 11.7 Å². The Morgan fingerprint density at radius 1 is 1.14 bits per heavy atom. The number of rotatable bonds is 3. The molecule has 0 aliphatic carbocycles. The minimum atomic E-state index is -4.51. The standard InChI is InChI=1S/C14H14F3N3O/c1-8-9(2)19-20-13(10(8)7-18)21-12-6-4-3-5-11(12)14(15,16)17/h3-6H,7,18H2,1-2H3. The number of aryl methyl sites for hydroxylation is 1. The van der Waals surface area contributed by atoms with Gasteiger partial charge in [-0.05, 0) is 31.5 Å². The molecule has 7 heteroatoms. The molecule has 2 N–H and O–H groups in total. The van der Waals surface area contributed by atoms with Crippen LogP contribution in [-0.4, -0.2) is 10.2 Å². The number of hydrogen-bond acceptors (Lipinski definition) is 4. The quantitative estimate of drug-likeness (QED) is 0.943. The van der Waals surface area contributed by atoms with Crippen molar-refractivity contribution in [2.75, 3.05) is 0 Å². The molecule has 0 bridgehead atoms. The third kappa shape index (κ3) is 3.13. The zero-order valence-electron chi connectivity index (χ0n) is 11.5. The molecule has 0 aliphatic heterocycles. The van der Waals surface area contributed by atoms with Crippen molar-refractivity contribution >= 4 is 0 Å². The highest BCUT2D eigenvalue weighted by molar-refractivity contribution is 5.42. The molecule has 0 atom stereocenters. The number of benzene rings is 1. The largest absolute Gasteiger partial charge is 0.437 e. The number of nitrogens with zero attached hydrogens (tertiary/aromatic N) is 2. The summed E-state index contributed by atoms with van der Waals surface area (Å²) in [6.07, 6.45) is -4.51. The Labute approximate surface area is 119 Å². The second-order valence-corrected chi connectivity index (χ2v) is 4.49. The van der Waals surface area contributed by atoms with E-state index in [0.717, 1.165) is 11.6 Å². The molecule has 0 spiro atoms. The van der Waals surface area contributed by atoms with Crippen LogP contribution in [0.2, 0.25) is 0 Å². The highest BCUT2D eigenvalue weighted by Crippen LogP contribution is 2.38. The van der Waals surface area contributed by atoms with Crippen LogP contribution >= 0.6 is 0 Å². The van der Waals surface area contributed by atoms with Crippen molar-refractivity contribution in [1.29, 1.82) is 0 Å². The lowest BCUT2D eigenvalue weighted by Gasteiger charge is -2.15. The van der Waals surface area contributed by atoms with Crippen LogP contribution in [0.4, 0.5) is 13.2 Å². The van der Waals surface area contributed by atoms with Gasteiger partial charge in [0.1, 0.15) is 5.75 Å². The summed E-state index contributed by atoms with van der Waals surface area (Å²) in [5.74, 6) is -0.324. The van der Waals surface area contributed by atoms with Gasteiger partial charge in [0.15, 0.2) is 0 Å². The fraction of sp³-hybridized carbons (Fsp3) is 0.286. The maximum atomic E-state index is 12.9. The van der Waals surface area contributed by atoms with E-state index >= 15 is 0 Å². The van der Waals surface area contributed by atoms with Crippen molar-refractivity contribution in [3.05, 3.63) is 46.6 Å². The second kappa shape index (κ2) is 5.69. The van der Waals surface area contributed by atoms with Gasteiger partial charge in [0.2, 0.25) is 5.88 Å². The highest BCUT2D eigenvalue weighted by atomic mass is 19.4. The summed E-state index contributed by atoms with van der Waals surface area (Å²) in [5.41, 5.74) is 6.72. The first-order chi connectivity index (χ1) is 9.84. The Balaban J connectivity index is 2.47. The van der Waals surface area contributed by atoms with Gasteiger partial charge in [0, 0.05) is 12.1 Å². The SMILES string of the molecule is Cc1nnc(Oc2ccccc2C(F)(F)F)c(CN)c1C. The van der Waals surface area contributed by atoms with Crippen LogP contribution in [0.25, 0.3) is 0 Å². The topological polar surface area (TPSA) is 61.0 Å². The molecule has 0 aliphatic rings. The van der Waals surface area contributed by atoms with E-state index in [2.05, 4.69) is 10.2 Å². The van der Waals surface area contributed by atoms with Crippen LogP contribution in [0.1, 0.15) is 22.4 Å². The molecule has 0 saturated carbocycles. The Morgan fingerprint density at radius 2 is 1.81 bits per heavy atom. The molecule has 0 unspecified atom stereocenters. The zero-order chi connectivity index (χ0) is 15.6. The van der Waals surface area contributed by atoms with Crippen molar-refractivity contribution in [2.24, 2.45) is 5.73 Å². The lowest BCUT2D eigenvalue weighted by molar-refractivity contribution is -0.138. The Bertz CT molecular complexity index is 656. The van der Waals surface area contributed by atoms with Gasteiger partial charge in [-0.2, -0.15) is 18.3 Å². The lowest BCUT2D eigenvalue weighted by Crippen LogP contribution is -2.10. The number of nitrogens with two attached hydrogens (primary N) is 1. The minimum absolute atomic E-state index is 0.00250. The minimum Gasteiger partial charge on any atom is -0.437 e. The molecule has 0 saturated heterocycles. The zero-order valence-corrected chi connectivity index (χ0v) is 11.5. The van der Waals surface area contributed by atoms with Crippen molar-refractivity contribution in [3.8, 4) is 11.6 Å². The number of aromatic nitrogens is 2. The lowest BCUT2D eigenvalue weighted by atomic mass is 10.1. The normalized spacial score (nSPS) is 11.5. The van der Waals surface area contributed by atoms with Crippen LogP contribution < -0.4 is 10.5 Å². The summed E-state index contributed by atoms with van der Waals surface area (Å²) in [6.45, 7) is 3.62. The molecule has 112 valence electrons. The summed E-state index contributed by atoms with van der Waals surface area (Å²) < 4.78 is 44.1. The van der Waals surface area contributed by atoms with Crippen LogP contribution in [0, 0.1) is 13.8 Å². The number of ether oxygens (including phenoxy) is 1. The van der Waals surface area contributed by atoms with Crippen LogP contribution in [0.15, 0.2) is 24.3 Å². The predicted molar refractivity (Wildman–Crippen MR) is 70.9 cm³/mol. The first-order valence-electron chi connectivity index (χ1n) is 6.21. The maximum absolute atomic E-state index is 12.9. The van der Waals surface area contributed by atoms with E-state index in [9.17, 15) is 13.2 Å². The van der Waals surface area contributed by atoms with Gasteiger partial charge in [0.05, 0.1) is 11.3 Å². The number of halogens is 3. The van der Waals surface area contributed by atoms with Crippen molar-refractivity contribution in [2.45, 2.75) is 26.6 Å². The molecule has 1 aromatic carbocycles. The van der Waals surface area contributed by atoms with Crippen molar-refractivity contribution in [3.63, 3.8) is 0 Å². The number of para-hydroxylation sites is 1. The van der Waals surface area contributed by atoms with Crippen LogP contribution in [0.3, 0.4) is 0 Å². The second-order valence-electron chi connectivity index (χ2n) is 4.49.